The highest BCUT2D eigenvalue weighted by molar-refractivity contribution is 5.96. The van der Waals surface area contributed by atoms with Gasteiger partial charge in [0, 0.05) is 6.04 Å². The first-order chi connectivity index (χ1) is 11.8. The molecule has 4 saturated carbocycles. The van der Waals surface area contributed by atoms with Crippen molar-refractivity contribution in [3.05, 3.63) is 17.0 Å². The Kier molecular flexibility index (Phi) is 3.88. The van der Waals surface area contributed by atoms with E-state index in [9.17, 15) is 18.1 Å². The fourth-order valence-corrected chi connectivity index (χ4v) is 6.06. The van der Waals surface area contributed by atoms with Crippen molar-refractivity contribution in [2.24, 2.45) is 23.2 Å². The number of hydrogen-bond donors (Lipinski definition) is 1. The molecule has 4 aliphatic carbocycles. The van der Waals surface area contributed by atoms with Gasteiger partial charge in [-0.1, -0.05) is 9.39 Å². The van der Waals surface area contributed by atoms with Crippen molar-refractivity contribution in [1.82, 2.24) is 15.3 Å². The third-order valence-electron chi connectivity index (χ3n) is 6.88. The van der Waals surface area contributed by atoms with Gasteiger partial charge < -0.3 is 5.32 Å². The molecule has 4 nitrogen and oxygen atoms in total. The zero-order valence-corrected chi connectivity index (χ0v) is 14.6. The second kappa shape index (κ2) is 5.74. The number of carbonyl (C=O) groups excluding carboxylic acids is 1. The van der Waals surface area contributed by atoms with Crippen LogP contribution >= 0.6 is 0 Å². The molecule has 1 heterocycles. The second-order valence-corrected chi connectivity index (χ2v) is 8.48. The van der Waals surface area contributed by atoms with E-state index < -0.39 is 18.0 Å². The zero-order valence-electron chi connectivity index (χ0n) is 14.6. The topological polar surface area (TPSA) is 46.9 Å². The first-order valence-corrected chi connectivity index (χ1v) is 9.14. The van der Waals surface area contributed by atoms with E-state index in [0.29, 0.717) is 0 Å². The molecular weight excluding hydrogens is 331 g/mol. The van der Waals surface area contributed by atoms with Crippen LogP contribution in [-0.2, 0) is 0 Å². The van der Waals surface area contributed by atoms with E-state index in [1.807, 2.05) is 6.92 Å². The predicted octanol–water partition coefficient (Wildman–Crippen LogP) is 4.20. The molecule has 1 amide bonds. The summed E-state index contributed by atoms with van der Waals surface area (Å²) in [6.07, 6.45) is 4.21. The van der Waals surface area contributed by atoms with Gasteiger partial charge >= 0.3 is 0 Å². The standard InChI is InChI=1S/C18H24F3N3O/c1-9-14(15(16(19)20)23-24(9)21)17(25)22-10(2)18-6-11-3-12(7-18)5-13(4-11)8-18/h10-13,16H,3-8H2,1-2H3,(H,22,25). The molecule has 4 fully saturated rings. The first-order valence-electron chi connectivity index (χ1n) is 9.14. The maximum atomic E-state index is 13.6. The predicted molar refractivity (Wildman–Crippen MR) is 86.0 cm³/mol. The number of nitrogens with one attached hydrogen (secondary N) is 1. The van der Waals surface area contributed by atoms with E-state index in [2.05, 4.69) is 10.4 Å². The van der Waals surface area contributed by atoms with Crippen molar-refractivity contribution in [3.63, 3.8) is 0 Å². The van der Waals surface area contributed by atoms with Crippen molar-refractivity contribution in [2.75, 3.05) is 0 Å². The lowest BCUT2D eigenvalue weighted by Gasteiger charge is -2.59. The number of halogens is 3. The molecule has 1 aromatic rings. The van der Waals surface area contributed by atoms with Crippen molar-refractivity contribution in [1.29, 1.82) is 0 Å². The number of hydrogen-bond acceptors (Lipinski definition) is 2. The molecule has 1 atom stereocenters. The van der Waals surface area contributed by atoms with Crippen molar-refractivity contribution in [2.45, 2.75) is 64.8 Å². The van der Waals surface area contributed by atoms with Gasteiger partial charge in [-0.25, -0.2) is 8.78 Å². The maximum Gasteiger partial charge on any atom is 0.283 e. The quantitative estimate of drug-likeness (QED) is 0.880. The summed E-state index contributed by atoms with van der Waals surface area (Å²) in [4.78, 5) is 12.5. The lowest BCUT2D eigenvalue weighted by Crippen LogP contribution is -2.55. The van der Waals surface area contributed by atoms with Gasteiger partial charge in [-0.3, -0.25) is 4.79 Å². The number of aromatic nitrogens is 2. The molecular formula is C18H24F3N3O. The van der Waals surface area contributed by atoms with Gasteiger partial charge in [0.2, 0.25) is 0 Å². The van der Waals surface area contributed by atoms with Crippen molar-refractivity contribution in [3.8, 4) is 0 Å². The third-order valence-corrected chi connectivity index (χ3v) is 6.88. The van der Waals surface area contributed by atoms with Gasteiger partial charge in [-0.2, -0.15) is 0 Å². The molecule has 4 aliphatic rings. The molecule has 25 heavy (non-hydrogen) atoms. The Morgan fingerprint density at radius 3 is 2.20 bits per heavy atom. The van der Waals surface area contributed by atoms with Crippen LogP contribution in [0.15, 0.2) is 0 Å². The Balaban J connectivity index is 1.56. The molecule has 0 spiro atoms. The van der Waals surface area contributed by atoms with E-state index >= 15 is 0 Å². The summed E-state index contributed by atoms with van der Waals surface area (Å²) >= 11 is 0. The van der Waals surface area contributed by atoms with Crippen LogP contribution in [-0.4, -0.2) is 22.0 Å². The summed E-state index contributed by atoms with van der Waals surface area (Å²) in [5, 5.41) is 6.08. The molecule has 4 bridgehead atoms. The van der Waals surface area contributed by atoms with Crippen LogP contribution in [0.4, 0.5) is 13.3 Å². The van der Waals surface area contributed by atoms with Gasteiger partial charge in [0.05, 0.1) is 11.3 Å². The molecule has 138 valence electrons. The maximum absolute atomic E-state index is 13.6. The fraction of sp³-hybridized carbons (Fsp3) is 0.778. The van der Waals surface area contributed by atoms with E-state index in [1.165, 1.54) is 26.2 Å². The molecule has 5 rings (SSSR count). The van der Waals surface area contributed by atoms with Crippen molar-refractivity contribution < 1.29 is 18.1 Å². The summed E-state index contributed by atoms with van der Waals surface area (Å²) < 4.78 is 39.8. The smallest absolute Gasteiger partial charge is 0.283 e. The summed E-state index contributed by atoms with van der Waals surface area (Å²) in [5.74, 6) is 1.56. The SMILES string of the molecule is Cc1c(C(=O)NC(C)C23CC4CC(CC(C4)C2)C3)c(C(F)F)nn1F. The Bertz CT molecular complexity index is 665. The van der Waals surface area contributed by atoms with Crippen LogP contribution in [0.1, 0.15) is 73.6 Å². The molecule has 0 aromatic carbocycles. The number of amides is 1. The third kappa shape index (κ3) is 2.66. The van der Waals surface area contributed by atoms with E-state index in [0.717, 1.165) is 37.0 Å². The molecule has 0 radical (unpaired) electrons. The van der Waals surface area contributed by atoms with E-state index in [-0.39, 0.29) is 27.6 Å². The molecule has 0 aliphatic heterocycles. The van der Waals surface area contributed by atoms with Crippen LogP contribution in [0.25, 0.3) is 0 Å². The normalized spacial score (nSPS) is 34.6. The number of alkyl halides is 2. The number of carbonyl (C=O) groups is 1. The lowest BCUT2D eigenvalue weighted by atomic mass is 9.48. The molecule has 0 saturated heterocycles. The van der Waals surface area contributed by atoms with Gasteiger partial charge in [0.1, 0.15) is 5.69 Å². The highest BCUT2D eigenvalue weighted by Crippen LogP contribution is 2.61. The van der Waals surface area contributed by atoms with E-state index in [4.69, 9.17) is 0 Å². The number of rotatable bonds is 4. The Morgan fingerprint density at radius 1 is 1.20 bits per heavy atom. The Labute approximate surface area is 145 Å². The molecule has 7 heteroatoms. The largest absolute Gasteiger partial charge is 0.349 e. The highest BCUT2D eigenvalue weighted by atomic mass is 19.3. The molecule has 1 N–H and O–H groups in total. The zero-order chi connectivity index (χ0) is 17.9. The molecule has 1 unspecified atom stereocenters. The van der Waals surface area contributed by atoms with E-state index in [1.54, 1.807) is 0 Å². The molecule has 1 aromatic heterocycles. The summed E-state index contributed by atoms with van der Waals surface area (Å²) in [6.45, 7) is 3.27. The minimum atomic E-state index is -2.98. The van der Waals surface area contributed by atoms with Crippen LogP contribution in [0, 0.1) is 30.1 Å². The fourth-order valence-electron chi connectivity index (χ4n) is 6.06. The monoisotopic (exact) mass is 355 g/mol. The van der Waals surface area contributed by atoms with Crippen LogP contribution in [0.3, 0.4) is 0 Å². The Morgan fingerprint density at radius 2 is 1.72 bits per heavy atom. The second-order valence-electron chi connectivity index (χ2n) is 8.48. The van der Waals surface area contributed by atoms with Gasteiger partial charge in [0.15, 0.2) is 0 Å². The van der Waals surface area contributed by atoms with Gasteiger partial charge in [-0.05, 0) is 75.5 Å². The average Bonchev–Trinajstić information content (AvgIpc) is 2.82. The first kappa shape index (κ1) is 16.9. The lowest BCUT2D eigenvalue weighted by molar-refractivity contribution is -0.0688. The Hall–Kier alpha value is -1.53. The van der Waals surface area contributed by atoms with Crippen LogP contribution in [0.5, 0.6) is 0 Å². The highest BCUT2D eigenvalue weighted by Gasteiger charge is 2.53. The average molecular weight is 355 g/mol. The number of nitrogens with zero attached hydrogens (tertiary/aromatic N) is 2. The summed E-state index contributed by atoms with van der Waals surface area (Å²) in [7, 11) is 0. The van der Waals surface area contributed by atoms with Gasteiger partial charge in [0.25, 0.3) is 12.3 Å². The summed E-state index contributed by atoms with van der Waals surface area (Å²) in [5.41, 5.74) is -1.22. The minimum Gasteiger partial charge on any atom is -0.349 e. The van der Waals surface area contributed by atoms with Crippen LogP contribution in [0.2, 0.25) is 0 Å². The van der Waals surface area contributed by atoms with Crippen LogP contribution < -0.4 is 5.32 Å². The van der Waals surface area contributed by atoms with Gasteiger partial charge in [-0.15, -0.1) is 5.10 Å². The minimum absolute atomic E-state index is 0.0645. The van der Waals surface area contributed by atoms with Crippen molar-refractivity contribution >= 4 is 5.91 Å². The summed E-state index contributed by atoms with van der Waals surface area (Å²) in [6, 6.07) is -0.110.